The van der Waals surface area contributed by atoms with Crippen molar-refractivity contribution in [1.29, 1.82) is 0 Å². The molecule has 1 aromatic rings. The van der Waals surface area contributed by atoms with E-state index in [-0.39, 0.29) is 49.3 Å². The number of hydrogen-bond acceptors (Lipinski definition) is 4. The monoisotopic (exact) mass is 371 g/mol. The van der Waals surface area contributed by atoms with E-state index in [4.69, 9.17) is 0 Å². The molecule has 3 rings (SSSR count). The Labute approximate surface area is 161 Å². The van der Waals surface area contributed by atoms with Crippen LogP contribution in [0.25, 0.3) is 0 Å². The van der Waals surface area contributed by atoms with Gasteiger partial charge in [-0.05, 0) is 45.7 Å². The molecule has 0 saturated carbocycles. The van der Waals surface area contributed by atoms with Crippen LogP contribution in [0, 0.1) is 0 Å². The van der Waals surface area contributed by atoms with Crippen LogP contribution < -0.4 is 0 Å². The number of likely N-dealkylation sites (tertiary alicyclic amines) is 2. The van der Waals surface area contributed by atoms with Crippen LogP contribution in [0.4, 0.5) is 0 Å². The fourth-order valence-electron chi connectivity index (χ4n) is 4.26. The number of piperidine rings is 1. The van der Waals surface area contributed by atoms with Crippen LogP contribution in [-0.4, -0.2) is 64.1 Å². The lowest BCUT2D eigenvalue weighted by atomic mass is 9.97. The number of imide groups is 1. The first-order valence-electron chi connectivity index (χ1n) is 9.78. The van der Waals surface area contributed by atoms with Gasteiger partial charge in [-0.3, -0.25) is 24.2 Å². The molecular weight excluding hydrogens is 342 g/mol. The molecule has 2 saturated heterocycles. The summed E-state index contributed by atoms with van der Waals surface area (Å²) in [7, 11) is 1.76. The lowest BCUT2D eigenvalue weighted by Crippen LogP contribution is -2.52. The van der Waals surface area contributed by atoms with Crippen LogP contribution >= 0.6 is 0 Å². The molecule has 0 aromatic heterocycles. The minimum atomic E-state index is -0.555. The fourth-order valence-corrected chi connectivity index (χ4v) is 4.26. The van der Waals surface area contributed by atoms with E-state index in [0.29, 0.717) is 0 Å². The molecule has 0 bridgehead atoms. The van der Waals surface area contributed by atoms with Gasteiger partial charge in [0, 0.05) is 12.1 Å². The average molecular weight is 371 g/mol. The fraction of sp³-hybridized carbons (Fsp3) is 0.571. The Hall–Kier alpha value is -2.21. The standard InChI is InChI=1S/C21H29N3O3/c1-15-8-7-9-16(2)24(15)20(26)14-22(3)18-12-19(25)23(21(18)27)13-17-10-5-4-6-11-17/h4-6,10-11,15-16,18H,7-9,12-14H2,1-3H3/t15-,16-,18-/m1/s1. The summed E-state index contributed by atoms with van der Waals surface area (Å²) in [5.41, 5.74) is 0.926. The molecule has 6 heteroatoms. The van der Waals surface area contributed by atoms with Gasteiger partial charge in [0.1, 0.15) is 0 Å². The molecule has 3 amide bonds. The van der Waals surface area contributed by atoms with E-state index in [1.165, 1.54) is 4.90 Å². The Morgan fingerprint density at radius 3 is 2.37 bits per heavy atom. The van der Waals surface area contributed by atoms with Crippen molar-refractivity contribution in [2.75, 3.05) is 13.6 Å². The Bertz CT molecular complexity index is 696. The molecule has 146 valence electrons. The Morgan fingerprint density at radius 1 is 1.11 bits per heavy atom. The summed E-state index contributed by atoms with van der Waals surface area (Å²) in [6.45, 7) is 4.62. The molecule has 1 aromatic carbocycles. The summed E-state index contributed by atoms with van der Waals surface area (Å²) in [6, 6.07) is 9.39. The van der Waals surface area contributed by atoms with Gasteiger partial charge in [0.25, 0.3) is 0 Å². The van der Waals surface area contributed by atoms with Crippen LogP contribution in [0.15, 0.2) is 30.3 Å². The Balaban J connectivity index is 1.63. The van der Waals surface area contributed by atoms with Gasteiger partial charge in [-0.25, -0.2) is 0 Å². The van der Waals surface area contributed by atoms with Crippen molar-refractivity contribution in [3.63, 3.8) is 0 Å². The van der Waals surface area contributed by atoms with E-state index in [9.17, 15) is 14.4 Å². The van der Waals surface area contributed by atoms with Crippen molar-refractivity contribution >= 4 is 17.7 Å². The van der Waals surface area contributed by atoms with E-state index in [1.54, 1.807) is 11.9 Å². The van der Waals surface area contributed by atoms with Gasteiger partial charge in [-0.15, -0.1) is 0 Å². The van der Waals surface area contributed by atoms with Gasteiger partial charge >= 0.3 is 0 Å². The Morgan fingerprint density at radius 2 is 1.74 bits per heavy atom. The number of rotatable bonds is 5. The van der Waals surface area contributed by atoms with Crippen molar-refractivity contribution in [3.8, 4) is 0 Å². The molecule has 2 fully saturated rings. The molecule has 2 aliphatic rings. The van der Waals surface area contributed by atoms with E-state index in [1.807, 2.05) is 35.2 Å². The lowest BCUT2D eigenvalue weighted by molar-refractivity contribution is -0.141. The van der Waals surface area contributed by atoms with Gasteiger partial charge in [0.2, 0.25) is 17.7 Å². The molecule has 0 spiro atoms. The van der Waals surface area contributed by atoms with Crippen LogP contribution in [0.3, 0.4) is 0 Å². The van der Waals surface area contributed by atoms with Crippen molar-refractivity contribution in [3.05, 3.63) is 35.9 Å². The molecule has 0 N–H and O–H groups in total. The van der Waals surface area contributed by atoms with Gasteiger partial charge in [-0.1, -0.05) is 30.3 Å². The first kappa shape index (κ1) is 19.5. The smallest absolute Gasteiger partial charge is 0.247 e. The summed E-state index contributed by atoms with van der Waals surface area (Å²) in [6.07, 6.45) is 3.32. The maximum atomic E-state index is 12.8. The van der Waals surface area contributed by atoms with Crippen molar-refractivity contribution < 1.29 is 14.4 Å². The number of benzene rings is 1. The van der Waals surface area contributed by atoms with Crippen LogP contribution in [0.1, 0.15) is 45.1 Å². The highest BCUT2D eigenvalue weighted by molar-refractivity contribution is 6.05. The van der Waals surface area contributed by atoms with Crippen LogP contribution in [-0.2, 0) is 20.9 Å². The highest BCUT2D eigenvalue weighted by atomic mass is 16.2. The van der Waals surface area contributed by atoms with Crippen molar-refractivity contribution in [2.45, 2.75) is 64.2 Å². The molecule has 2 aliphatic heterocycles. The normalized spacial score (nSPS) is 26.1. The summed E-state index contributed by atoms with van der Waals surface area (Å²) in [4.78, 5) is 43.0. The third-order valence-corrected chi connectivity index (χ3v) is 5.80. The van der Waals surface area contributed by atoms with Gasteiger partial charge in [-0.2, -0.15) is 0 Å². The summed E-state index contributed by atoms with van der Waals surface area (Å²) >= 11 is 0. The number of carbonyl (C=O) groups is 3. The van der Waals surface area contributed by atoms with E-state index < -0.39 is 6.04 Å². The predicted molar refractivity (Wildman–Crippen MR) is 103 cm³/mol. The van der Waals surface area contributed by atoms with Crippen molar-refractivity contribution in [1.82, 2.24) is 14.7 Å². The first-order chi connectivity index (χ1) is 12.9. The van der Waals surface area contributed by atoms with Gasteiger partial charge in [0.15, 0.2) is 0 Å². The summed E-state index contributed by atoms with van der Waals surface area (Å²) < 4.78 is 0. The van der Waals surface area contributed by atoms with Gasteiger partial charge in [0.05, 0.1) is 25.6 Å². The number of carbonyl (C=O) groups excluding carboxylic acids is 3. The molecule has 27 heavy (non-hydrogen) atoms. The summed E-state index contributed by atoms with van der Waals surface area (Å²) in [5.74, 6) is -0.342. The van der Waals surface area contributed by atoms with Crippen molar-refractivity contribution in [2.24, 2.45) is 0 Å². The minimum Gasteiger partial charge on any atom is -0.336 e. The third kappa shape index (κ3) is 4.21. The van der Waals surface area contributed by atoms with Gasteiger partial charge < -0.3 is 4.90 Å². The van der Waals surface area contributed by atoms with E-state index in [0.717, 1.165) is 24.8 Å². The zero-order valence-electron chi connectivity index (χ0n) is 16.4. The zero-order valence-corrected chi connectivity index (χ0v) is 16.4. The maximum Gasteiger partial charge on any atom is 0.247 e. The van der Waals surface area contributed by atoms with E-state index >= 15 is 0 Å². The highest BCUT2D eigenvalue weighted by Crippen LogP contribution is 2.24. The number of hydrogen-bond donors (Lipinski definition) is 0. The molecule has 0 aliphatic carbocycles. The second-order valence-electron chi connectivity index (χ2n) is 7.87. The maximum absolute atomic E-state index is 12.8. The predicted octanol–water partition coefficient (Wildman–Crippen LogP) is 2.04. The molecular formula is C21H29N3O3. The topological polar surface area (TPSA) is 60.9 Å². The average Bonchev–Trinajstić information content (AvgIpc) is 2.91. The summed E-state index contributed by atoms with van der Waals surface area (Å²) in [5, 5.41) is 0. The van der Waals surface area contributed by atoms with Crippen LogP contribution in [0.2, 0.25) is 0 Å². The zero-order chi connectivity index (χ0) is 19.6. The highest BCUT2D eigenvalue weighted by Gasteiger charge is 2.41. The number of nitrogens with zero attached hydrogens (tertiary/aromatic N) is 3. The Kier molecular flexibility index (Phi) is 5.95. The largest absolute Gasteiger partial charge is 0.336 e. The molecule has 0 radical (unpaired) electrons. The molecule has 6 nitrogen and oxygen atoms in total. The second-order valence-corrected chi connectivity index (χ2v) is 7.87. The SMILES string of the molecule is C[C@@H]1CCC[C@@H](C)N1C(=O)CN(C)[C@@H]1CC(=O)N(Cc2ccccc2)C1=O. The second kappa shape index (κ2) is 8.21. The minimum absolute atomic E-state index is 0.0407. The number of likely N-dealkylation sites (N-methyl/N-ethyl adjacent to an activating group) is 1. The quantitative estimate of drug-likeness (QED) is 0.743. The lowest BCUT2D eigenvalue weighted by Gasteiger charge is -2.40. The molecule has 3 atom stereocenters. The molecule has 2 heterocycles. The first-order valence-corrected chi connectivity index (χ1v) is 9.78. The number of amides is 3. The molecule has 0 unspecified atom stereocenters. The third-order valence-electron chi connectivity index (χ3n) is 5.80. The van der Waals surface area contributed by atoms with Crippen LogP contribution in [0.5, 0.6) is 0 Å². The van der Waals surface area contributed by atoms with E-state index in [2.05, 4.69) is 13.8 Å².